The van der Waals surface area contributed by atoms with Crippen molar-refractivity contribution in [2.45, 2.75) is 41.4 Å². The zero-order chi connectivity index (χ0) is 13.4. The van der Waals surface area contributed by atoms with Crippen LogP contribution in [0.25, 0.3) is 0 Å². The predicted molar refractivity (Wildman–Crippen MR) is 60.8 cm³/mol. The Balaban J connectivity index is 2.69. The number of carbonyl (C=O) groups excluding carboxylic acids is 1. The van der Waals surface area contributed by atoms with Crippen molar-refractivity contribution in [2.24, 2.45) is 0 Å². The first-order chi connectivity index (χ1) is 7.64. The molecule has 0 aliphatic carbocycles. The van der Waals surface area contributed by atoms with Crippen molar-refractivity contribution < 1.29 is 24.9 Å². The molecule has 0 spiro atoms. The van der Waals surface area contributed by atoms with Gasteiger partial charge in [0.2, 0.25) is 0 Å². The average Bonchev–Trinajstić information content (AvgIpc) is 2.21. The second-order valence-electron chi connectivity index (χ2n) is 3.70. The molecule has 100 valence electrons. The molecule has 17 heavy (non-hydrogen) atoms. The summed E-state index contributed by atoms with van der Waals surface area (Å²) in [5, 5.41) is 30.5. The van der Waals surface area contributed by atoms with Gasteiger partial charge in [0.1, 0.15) is 18.3 Å². The number of amides is 1. The minimum Gasteiger partial charge on any atom is -0.388 e. The van der Waals surface area contributed by atoms with Crippen LogP contribution in [-0.2, 0) is 9.53 Å². The van der Waals surface area contributed by atoms with Gasteiger partial charge in [-0.15, -0.1) is 0 Å². The van der Waals surface area contributed by atoms with Gasteiger partial charge in [0, 0.05) is 0 Å². The highest BCUT2D eigenvalue weighted by Crippen LogP contribution is 2.27. The highest BCUT2D eigenvalue weighted by molar-refractivity contribution is 6.76. The monoisotopic (exact) mass is 307 g/mol. The van der Waals surface area contributed by atoms with E-state index in [-0.39, 0.29) is 0 Å². The Kier molecular flexibility index (Phi) is 4.88. The second-order valence-corrected chi connectivity index (χ2v) is 5.99. The Morgan fingerprint density at radius 1 is 1.18 bits per heavy atom. The maximum atomic E-state index is 11.3. The summed E-state index contributed by atoms with van der Waals surface area (Å²) in [7, 11) is 0. The number of carbonyl (C=O) groups is 1. The lowest BCUT2D eigenvalue weighted by Gasteiger charge is -2.39. The van der Waals surface area contributed by atoms with Gasteiger partial charge in [0.15, 0.2) is 6.23 Å². The average molecular weight is 309 g/mol. The molecule has 1 heterocycles. The van der Waals surface area contributed by atoms with Gasteiger partial charge >= 0.3 is 0 Å². The number of hydrogen-bond acceptors (Lipinski definition) is 5. The van der Waals surface area contributed by atoms with Crippen molar-refractivity contribution in [3.05, 3.63) is 0 Å². The number of ether oxygens (including phenoxy) is 1. The standard InChI is InChI=1S/C8H12Cl3NO5/c1-2-3(13)4(14)5(15)6(17-2)12-7(16)8(9,10)11/h2-6,13-15H,1H3,(H,12,16)/t2-,3+,4+,5-,6-/m0/s1. The van der Waals surface area contributed by atoms with E-state index in [1.807, 2.05) is 0 Å². The predicted octanol–water partition coefficient (Wildman–Crippen LogP) is -0.700. The summed E-state index contributed by atoms with van der Waals surface area (Å²) in [4.78, 5) is 11.3. The van der Waals surface area contributed by atoms with Crippen LogP contribution in [0.3, 0.4) is 0 Å². The van der Waals surface area contributed by atoms with Gasteiger partial charge in [-0.2, -0.15) is 0 Å². The van der Waals surface area contributed by atoms with Gasteiger partial charge in [-0.1, -0.05) is 34.8 Å². The zero-order valence-electron chi connectivity index (χ0n) is 8.68. The number of alkyl halides is 3. The van der Waals surface area contributed by atoms with Crippen molar-refractivity contribution in [1.82, 2.24) is 5.32 Å². The molecule has 6 nitrogen and oxygen atoms in total. The summed E-state index contributed by atoms with van der Waals surface area (Å²) in [6.45, 7) is 1.47. The zero-order valence-corrected chi connectivity index (χ0v) is 10.9. The van der Waals surface area contributed by atoms with Crippen LogP contribution < -0.4 is 5.32 Å². The summed E-state index contributed by atoms with van der Waals surface area (Å²) in [6, 6.07) is 0. The molecule has 0 aromatic carbocycles. The van der Waals surface area contributed by atoms with Crippen LogP contribution in [0, 0.1) is 0 Å². The van der Waals surface area contributed by atoms with E-state index < -0.39 is 40.3 Å². The molecule has 0 radical (unpaired) electrons. The maximum Gasteiger partial charge on any atom is 0.274 e. The van der Waals surface area contributed by atoms with E-state index in [1.165, 1.54) is 6.92 Å². The Hall–Kier alpha value is 0.180. The first kappa shape index (κ1) is 15.2. The summed E-state index contributed by atoms with van der Waals surface area (Å²) < 4.78 is 2.88. The molecule has 1 aliphatic heterocycles. The van der Waals surface area contributed by atoms with E-state index in [2.05, 4.69) is 5.32 Å². The van der Waals surface area contributed by atoms with Crippen LogP contribution in [0.15, 0.2) is 0 Å². The third-order valence-electron chi connectivity index (χ3n) is 2.38. The fraction of sp³-hybridized carbons (Fsp3) is 0.875. The van der Waals surface area contributed by atoms with E-state index in [0.29, 0.717) is 0 Å². The minimum absolute atomic E-state index is 0.783. The second kappa shape index (κ2) is 5.44. The van der Waals surface area contributed by atoms with E-state index in [4.69, 9.17) is 39.5 Å². The molecular formula is C8H12Cl3NO5. The Morgan fingerprint density at radius 2 is 1.71 bits per heavy atom. The molecule has 0 unspecified atom stereocenters. The fourth-order valence-electron chi connectivity index (χ4n) is 1.38. The fourth-order valence-corrected chi connectivity index (χ4v) is 1.55. The van der Waals surface area contributed by atoms with Crippen molar-refractivity contribution in [3.63, 3.8) is 0 Å². The van der Waals surface area contributed by atoms with Crippen molar-refractivity contribution in [1.29, 1.82) is 0 Å². The Bertz CT molecular complexity index is 297. The lowest BCUT2D eigenvalue weighted by Crippen LogP contribution is -2.62. The molecule has 0 saturated carbocycles. The van der Waals surface area contributed by atoms with Crippen LogP contribution in [0.4, 0.5) is 0 Å². The highest BCUT2D eigenvalue weighted by atomic mass is 35.6. The summed E-state index contributed by atoms with van der Waals surface area (Å²) in [5.41, 5.74) is 0. The van der Waals surface area contributed by atoms with Crippen molar-refractivity contribution in [2.75, 3.05) is 0 Å². The third kappa shape index (κ3) is 3.57. The number of nitrogens with one attached hydrogen (secondary N) is 1. The Labute approximate surface area is 112 Å². The largest absolute Gasteiger partial charge is 0.388 e. The first-order valence-electron chi connectivity index (χ1n) is 4.72. The molecular weight excluding hydrogens is 296 g/mol. The van der Waals surface area contributed by atoms with E-state index in [0.717, 1.165) is 0 Å². The number of aliphatic hydroxyl groups is 3. The molecule has 1 rings (SSSR count). The van der Waals surface area contributed by atoms with Crippen LogP contribution >= 0.6 is 34.8 Å². The van der Waals surface area contributed by atoms with Gasteiger partial charge in [-0.05, 0) is 6.92 Å². The normalized spacial score (nSPS) is 38.9. The molecule has 9 heteroatoms. The molecule has 1 aliphatic rings. The van der Waals surface area contributed by atoms with E-state index >= 15 is 0 Å². The number of halogens is 3. The molecule has 5 atom stereocenters. The van der Waals surface area contributed by atoms with Gasteiger partial charge in [0.05, 0.1) is 6.10 Å². The third-order valence-corrected chi connectivity index (χ3v) is 2.90. The molecule has 1 saturated heterocycles. The molecule has 0 bridgehead atoms. The molecule has 1 fully saturated rings. The quantitative estimate of drug-likeness (QED) is 0.480. The number of hydrogen-bond donors (Lipinski definition) is 4. The van der Waals surface area contributed by atoms with Crippen LogP contribution in [0.5, 0.6) is 0 Å². The SMILES string of the molecule is C[C@@H]1O[C@H](NC(=O)C(Cl)(Cl)Cl)[C@@H](O)[C@H](O)[C@@H]1O. The summed E-state index contributed by atoms with van der Waals surface area (Å²) in [5.74, 6) is -0.998. The van der Waals surface area contributed by atoms with Gasteiger partial charge in [-0.3, -0.25) is 4.79 Å². The summed E-state index contributed by atoms with van der Waals surface area (Å²) >= 11 is 16.0. The van der Waals surface area contributed by atoms with Crippen LogP contribution in [-0.4, -0.2) is 55.7 Å². The highest BCUT2D eigenvalue weighted by Gasteiger charge is 2.44. The minimum atomic E-state index is -2.20. The smallest absolute Gasteiger partial charge is 0.274 e. The first-order valence-corrected chi connectivity index (χ1v) is 5.85. The van der Waals surface area contributed by atoms with Gasteiger partial charge in [0.25, 0.3) is 9.70 Å². The van der Waals surface area contributed by atoms with E-state index in [9.17, 15) is 20.1 Å². The number of rotatable bonds is 1. The molecule has 0 aromatic heterocycles. The van der Waals surface area contributed by atoms with Gasteiger partial charge < -0.3 is 25.4 Å². The van der Waals surface area contributed by atoms with Gasteiger partial charge in [-0.25, -0.2) is 0 Å². The number of aliphatic hydroxyl groups excluding tert-OH is 3. The molecule has 4 N–H and O–H groups in total. The molecule has 0 aromatic rings. The lowest BCUT2D eigenvalue weighted by molar-refractivity contribution is -0.224. The summed E-state index contributed by atoms with van der Waals surface area (Å²) in [6.07, 6.45) is -6.27. The lowest BCUT2D eigenvalue weighted by atomic mass is 9.99. The maximum absolute atomic E-state index is 11.3. The molecule has 1 amide bonds. The van der Waals surface area contributed by atoms with Crippen LogP contribution in [0.2, 0.25) is 0 Å². The van der Waals surface area contributed by atoms with Crippen molar-refractivity contribution in [3.8, 4) is 0 Å². The van der Waals surface area contributed by atoms with Crippen molar-refractivity contribution >= 4 is 40.7 Å². The van der Waals surface area contributed by atoms with Crippen LogP contribution in [0.1, 0.15) is 6.92 Å². The topological polar surface area (TPSA) is 99.0 Å². The Morgan fingerprint density at radius 3 is 2.18 bits per heavy atom. The van der Waals surface area contributed by atoms with E-state index in [1.54, 1.807) is 0 Å².